The van der Waals surface area contributed by atoms with Gasteiger partial charge in [0.05, 0.1) is 10.0 Å². The van der Waals surface area contributed by atoms with Crippen LogP contribution in [-0.2, 0) is 15.6 Å². The van der Waals surface area contributed by atoms with Crippen molar-refractivity contribution < 1.29 is 12.8 Å². The van der Waals surface area contributed by atoms with Gasteiger partial charge < -0.3 is 0 Å². The molecule has 108 valence electrons. The minimum Gasteiger partial charge on any atom is -0.297 e. The average molecular weight is 383 g/mol. The molecular weight excluding hydrogens is 373 g/mol. The van der Waals surface area contributed by atoms with Crippen molar-refractivity contribution in [3.8, 4) is 11.4 Å². The summed E-state index contributed by atoms with van der Waals surface area (Å²) in [6, 6.07) is 4.67. The van der Waals surface area contributed by atoms with Crippen LogP contribution in [0.25, 0.3) is 11.4 Å². The second-order valence-electron chi connectivity index (χ2n) is 4.00. The number of hydrogen-bond acceptors (Lipinski definition) is 4. The molecule has 9 heteroatoms. The van der Waals surface area contributed by atoms with Gasteiger partial charge in [-0.3, -0.25) is 4.57 Å². The Bertz CT molecular complexity index is 748. The molecule has 0 saturated heterocycles. The monoisotopic (exact) mass is 381 g/mol. The van der Waals surface area contributed by atoms with E-state index in [-0.39, 0.29) is 21.0 Å². The Balaban J connectivity index is 2.69. The van der Waals surface area contributed by atoms with Crippen molar-refractivity contribution in [2.75, 3.05) is 0 Å². The molecule has 0 atom stereocenters. The first kappa shape index (κ1) is 15.4. The van der Waals surface area contributed by atoms with E-state index in [0.717, 1.165) is 0 Å². The third-order valence-corrected chi connectivity index (χ3v) is 4.34. The quantitative estimate of drug-likeness (QED) is 0.762. The highest BCUT2D eigenvalue weighted by molar-refractivity contribution is 9.10. The average Bonchev–Trinajstić information content (AvgIpc) is 2.77. The van der Waals surface area contributed by atoms with Crippen molar-refractivity contribution >= 4 is 35.7 Å². The van der Waals surface area contributed by atoms with Crippen molar-refractivity contribution in [3.63, 3.8) is 0 Å². The first-order valence-corrected chi connectivity index (χ1v) is 8.78. The molecule has 0 aliphatic carbocycles. The van der Waals surface area contributed by atoms with E-state index in [1.807, 2.05) is 6.92 Å². The Hall–Kier alpha value is -0.990. The largest absolute Gasteiger partial charge is 0.297 e. The predicted octanol–water partition coefficient (Wildman–Crippen LogP) is 3.18. The number of hydrogen-bond donors (Lipinski definition) is 0. The van der Waals surface area contributed by atoms with Crippen molar-refractivity contribution in [3.05, 3.63) is 28.5 Å². The smallest absolute Gasteiger partial charge is 0.296 e. The van der Waals surface area contributed by atoms with Gasteiger partial charge in [-0.15, -0.1) is 10.2 Å². The molecule has 0 fully saturated rings. The van der Waals surface area contributed by atoms with Gasteiger partial charge in [-0.05, 0) is 34.5 Å². The molecule has 0 aliphatic heterocycles. The van der Waals surface area contributed by atoms with E-state index in [4.69, 9.17) is 10.7 Å². The number of benzene rings is 1. The van der Waals surface area contributed by atoms with Crippen molar-refractivity contribution in [2.45, 2.75) is 25.0 Å². The fourth-order valence-electron chi connectivity index (χ4n) is 1.77. The van der Waals surface area contributed by atoms with Gasteiger partial charge in [0.25, 0.3) is 14.2 Å². The van der Waals surface area contributed by atoms with E-state index < -0.39 is 14.9 Å². The zero-order chi connectivity index (χ0) is 14.9. The summed E-state index contributed by atoms with van der Waals surface area (Å²) >= 11 is 3.08. The van der Waals surface area contributed by atoms with Gasteiger partial charge >= 0.3 is 0 Å². The van der Waals surface area contributed by atoms with Crippen LogP contribution in [0, 0.1) is 5.82 Å². The van der Waals surface area contributed by atoms with Gasteiger partial charge in [-0.1, -0.05) is 13.0 Å². The topological polar surface area (TPSA) is 64.8 Å². The second-order valence-corrected chi connectivity index (χ2v) is 7.31. The zero-order valence-electron chi connectivity index (χ0n) is 10.3. The minimum absolute atomic E-state index is 0.130. The van der Waals surface area contributed by atoms with Crippen LogP contribution < -0.4 is 0 Å². The highest BCUT2D eigenvalue weighted by Gasteiger charge is 2.24. The summed E-state index contributed by atoms with van der Waals surface area (Å²) in [6.45, 7) is 2.17. The lowest BCUT2D eigenvalue weighted by atomic mass is 10.2. The Labute approximate surface area is 128 Å². The summed E-state index contributed by atoms with van der Waals surface area (Å²) in [5.74, 6) is -0.402. The standard InChI is InChI=1S/C11H10BrClFN3O2S/c1-2-6-17-10(15-16-11(17)20(13,18)19)7-4-3-5-8(12)9(7)14/h3-5H,2,6H2,1H3. The molecule has 0 N–H and O–H groups in total. The Morgan fingerprint density at radius 1 is 1.40 bits per heavy atom. The third-order valence-electron chi connectivity index (χ3n) is 2.57. The van der Waals surface area contributed by atoms with E-state index in [1.165, 1.54) is 10.6 Å². The van der Waals surface area contributed by atoms with Crippen molar-refractivity contribution in [1.29, 1.82) is 0 Å². The van der Waals surface area contributed by atoms with Gasteiger partial charge in [0.2, 0.25) is 0 Å². The number of nitrogens with zero attached hydrogens (tertiary/aromatic N) is 3. The molecule has 1 aromatic heterocycles. The summed E-state index contributed by atoms with van der Waals surface area (Å²) < 4.78 is 38.6. The maximum atomic E-state index is 14.1. The van der Waals surface area contributed by atoms with Crippen molar-refractivity contribution in [2.24, 2.45) is 0 Å². The Morgan fingerprint density at radius 3 is 2.70 bits per heavy atom. The Kier molecular flexibility index (Phi) is 4.46. The van der Waals surface area contributed by atoms with Crippen LogP contribution in [0.3, 0.4) is 0 Å². The van der Waals surface area contributed by atoms with Crippen LogP contribution >= 0.6 is 26.6 Å². The molecule has 0 bridgehead atoms. The number of halogens is 3. The maximum Gasteiger partial charge on any atom is 0.296 e. The van der Waals surface area contributed by atoms with Gasteiger partial charge in [0, 0.05) is 17.2 Å². The molecule has 0 unspecified atom stereocenters. The zero-order valence-corrected chi connectivity index (χ0v) is 13.5. The van der Waals surface area contributed by atoms with Gasteiger partial charge in [0.1, 0.15) is 5.82 Å². The lowest BCUT2D eigenvalue weighted by Gasteiger charge is -2.08. The third kappa shape index (κ3) is 2.87. The van der Waals surface area contributed by atoms with Gasteiger partial charge in [0.15, 0.2) is 5.82 Å². The second kappa shape index (κ2) is 5.79. The lowest BCUT2D eigenvalue weighted by Crippen LogP contribution is -2.08. The molecule has 2 rings (SSSR count). The summed E-state index contributed by atoms with van der Waals surface area (Å²) in [5.41, 5.74) is 0.159. The fourth-order valence-corrected chi connectivity index (χ4v) is 3.06. The fraction of sp³-hybridized carbons (Fsp3) is 0.273. The minimum atomic E-state index is -4.04. The molecular formula is C11H10BrClFN3O2S. The highest BCUT2D eigenvalue weighted by Crippen LogP contribution is 2.28. The van der Waals surface area contributed by atoms with E-state index in [9.17, 15) is 12.8 Å². The van der Waals surface area contributed by atoms with Crippen LogP contribution in [-0.4, -0.2) is 23.2 Å². The van der Waals surface area contributed by atoms with Crippen LogP contribution in [0.4, 0.5) is 4.39 Å². The van der Waals surface area contributed by atoms with Crippen LogP contribution in [0.5, 0.6) is 0 Å². The van der Waals surface area contributed by atoms with E-state index in [2.05, 4.69) is 26.1 Å². The molecule has 5 nitrogen and oxygen atoms in total. The maximum absolute atomic E-state index is 14.1. The first-order chi connectivity index (χ1) is 9.36. The Morgan fingerprint density at radius 2 is 2.10 bits per heavy atom. The number of rotatable bonds is 4. The molecule has 0 amide bonds. The number of aromatic nitrogens is 3. The molecule has 0 saturated carbocycles. The predicted molar refractivity (Wildman–Crippen MR) is 76.4 cm³/mol. The molecule has 0 radical (unpaired) electrons. The molecule has 0 aliphatic rings. The van der Waals surface area contributed by atoms with Crippen molar-refractivity contribution in [1.82, 2.24) is 14.8 Å². The van der Waals surface area contributed by atoms with E-state index >= 15 is 0 Å². The SMILES string of the molecule is CCCn1c(-c2cccc(Br)c2F)nnc1S(=O)(=O)Cl. The van der Waals surface area contributed by atoms with Crippen LogP contribution in [0.2, 0.25) is 0 Å². The normalized spacial score (nSPS) is 11.8. The van der Waals surface area contributed by atoms with E-state index in [0.29, 0.717) is 13.0 Å². The highest BCUT2D eigenvalue weighted by atomic mass is 79.9. The van der Waals surface area contributed by atoms with Gasteiger partial charge in [-0.2, -0.15) is 0 Å². The molecule has 1 aromatic carbocycles. The first-order valence-electron chi connectivity index (χ1n) is 5.68. The molecule has 20 heavy (non-hydrogen) atoms. The van der Waals surface area contributed by atoms with Gasteiger partial charge in [-0.25, -0.2) is 12.8 Å². The van der Waals surface area contributed by atoms with E-state index in [1.54, 1.807) is 12.1 Å². The van der Waals surface area contributed by atoms with Crippen LogP contribution in [0.1, 0.15) is 13.3 Å². The molecule has 0 spiro atoms. The lowest BCUT2D eigenvalue weighted by molar-refractivity contribution is 0.567. The summed E-state index contributed by atoms with van der Waals surface area (Å²) in [7, 11) is 1.28. The molecule has 1 heterocycles. The summed E-state index contributed by atoms with van der Waals surface area (Å²) in [5, 5.41) is 6.95. The summed E-state index contributed by atoms with van der Waals surface area (Å²) in [4.78, 5) is 0. The van der Waals surface area contributed by atoms with Crippen LogP contribution in [0.15, 0.2) is 27.8 Å². The molecule has 2 aromatic rings. The summed E-state index contributed by atoms with van der Waals surface area (Å²) in [6.07, 6.45) is 0.625.